The van der Waals surface area contributed by atoms with Gasteiger partial charge in [-0.15, -0.1) is 4.65 Å². The fourth-order valence-corrected chi connectivity index (χ4v) is 0.563. The van der Waals surface area contributed by atoms with Crippen molar-refractivity contribution in [2.45, 2.75) is 6.18 Å². The Hall–Kier alpha value is -0.530. The number of likely N-dealkylation sites (N-methyl/N-ethyl adjacent to an activating group) is 1. The van der Waals surface area contributed by atoms with Crippen LogP contribution in [0.1, 0.15) is 0 Å². The number of rotatable bonds is 3. The number of hydrogen-bond acceptors (Lipinski definition) is 3. The first-order valence-corrected chi connectivity index (χ1v) is 3.43. The Morgan fingerprint density at radius 3 is 2.14 bits per heavy atom. The summed E-state index contributed by atoms with van der Waals surface area (Å²) in [4.78, 5) is 14.4. The lowest BCUT2D eigenvalue weighted by Gasteiger charge is -2.25. The molecule has 0 aliphatic carbocycles. The molecule has 0 atom stereocenters. The van der Waals surface area contributed by atoms with E-state index in [2.05, 4.69) is 4.84 Å². The summed E-state index contributed by atoms with van der Waals surface area (Å²) in [7, 11) is 2.47. The van der Waals surface area contributed by atoms with E-state index in [1.807, 2.05) is 0 Å². The average Bonchev–Trinajstić information content (AvgIpc) is 1.83. The Kier molecular flexibility index (Phi) is 6.11. The molecule has 0 aromatic rings. The van der Waals surface area contributed by atoms with Gasteiger partial charge in [-0.2, -0.15) is 13.2 Å². The standard InChI is InChI=1S/C6H11F3NO3.ClH/c1-10(2,3-4-11)13-5(12)6(7,8)9;/h11H,3-4H2,1-2H3;1H/q+1;/p-1. The van der Waals surface area contributed by atoms with E-state index in [0.29, 0.717) is 0 Å². The lowest BCUT2D eigenvalue weighted by Crippen LogP contribution is -3.00. The molecule has 1 N–H and O–H groups in total. The van der Waals surface area contributed by atoms with Gasteiger partial charge in [0.25, 0.3) is 0 Å². The number of aliphatic hydroxyl groups is 1. The Morgan fingerprint density at radius 2 is 1.86 bits per heavy atom. The van der Waals surface area contributed by atoms with Crippen molar-refractivity contribution >= 4 is 5.97 Å². The first-order valence-electron chi connectivity index (χ1n) is 3.43. The van der Waals surface area contributed by atoms with Crippen molar-refractivity contribution in [1.29, 1.82) is 0 Å². The number of hydroxylamine groups is 3. The van der Waals surface area contributed by atoms with Crippen molar-refractivity contribution in [2.24, 2.45) is 0 Å². The summed E-state index contributed by atoms with van der Waals surface area (Å²) in [6.45, 7) is -0.458. The molecule has 86 valence electrons. The number of quaternary nitrogens is 1. The summed E-state index contributed by atoms with van der Waals surface area (Å²) in [5.74, 6) is -2.26. The van der Waals surface area contributed by atoms with Gasteiger partial charge in [0, 0.05) is 0 Å². The quantitative estimate of drug-likeness (QED) is 0.423. The maximum Gasteiger partial charge on any atom is 0.497 e. The maximum absolute atomic E-state index is 11.7. The van der Waals surface area contributed by atoms with Gasteiger partial charge >= 0.3 is 12.1 Å². The van der Waals surface area contributed by atoms with Crippen molar-refractivity contribution in [3.8, 4) is 0 Å². The van der Waals surface area contributed by atoms with Gasteiger partial charge in [-0.05, 0) is 0 Å². The van der Waals surface area contributed by atoms with E-state index in [-0.39, 0.29) is 25.6 Å². The number of nitrogens with zero attached hydrogens (tertiary/aromatic N) is 1. The zero-order valence-corrected chi connectivity index (χ0v) is 8.39. The molecule has 0 saturated heterocycles. The summed E-state index contributed by atoms with van der Waals surface area (Å²) in [5.41, 5.74) is 0. The van der Waals surface area contributed by atoms with Crippen LogP contribution >= 0.6 is 0 Å². The summed E-state index contributed by atoms with van der Waals surface area (Å²) in [6.07, 6.45) is -5.00. The summed E-state index contributed by atoms with van der Waals surface area (Å²) in [6, 6.07) is 0. The molecule has 0 aliphatic rings. The van der Waals surface area contributed by atoms with E-state index < -0.39 is 16.8 Å². The minimum absolute atomic E-state index is 0. The summed E-state index contributed by atoms with van der Waals surface area (Å²) >= 11 is 0. The average molecular weight is 238 g/mol. The third-order valence-corrected chi connectivity index (χ3v) is 1.20. The maximum atomic E-state index is 11.7. The number of halogens is 4. The van der Waals surface area contributed by atoms with Crippen LogP contribution in [0.25, 0.3) is 0 Å². The molecule has 0 rings (SSSR count). The van der Waals surface area contributed by atoms with Gasteiger partial charge in [-0.25, -0.2) is 4.79 Å². The van der Waals surface area contributed by atoms with Crippen LogP contribution in [0.15, 0.2) is 0 Å². The second-order valence-electron chi connectivity index (χ2n) is 2.90. The normalized spacial score (nSPS) is 11.9. The third-order valence-electron chi connectivity index (χ3n) is 1.20. The molecule has 0 amide bonds. The molecule has 0 unspecified atom stereocenters. The number of alkyl halides is 3. The molecular weight excluding hydrogens is 227 g/mol. The van der Waals surface area contributed by atoms with Crippen LogP contribution in [0.3, 0.4) is 0 Å². The molecule has 14 heavy (non-hydrogen) atoms. The Balaban J connectivity index is 0. The fraction of sp³-hybridized carbons (Fsp3) is 0.833. The molecule has 0 bridgehead atoms. The van der Waals surface area contributed by atoms with Crippen LogP contribution in [0.2, 0.25) is 0 Å². The van der Waals surface area contributed by atoms with Crippen LogP contribution in [-0.2, 0) is 9.63 Å². The Morgan fingerprint density at radius 1 is 1.43 bits per heavy atom. The highest BCUT2D eigenvalue weighted by atomic mass is 35.5. The zero-order valence-electron chi connectivity index (χ0n) is 7.64. The molecule has 0 aromatic carbocycles. The van der Waals surface area contributed by atoms with Gasteiger partial charge in [0.15, 0.2) is 0 Å². The number of hydrogen-bond donors (Lipinski definition) is 1. The van der Waals surface area contributed by atoms with E-state index >= 15 is 0 Å². The van der Waals surface area contributed by atoms with Crippen molar-refractivity contribution in [2.75, 3.05) is 27.2 Å². The highest BCUT2D eigenvalue weighted by Crippen LogP contribution is 2.18. The summed E-state index contributed by atoms with van der Waals surface area (Å²) < 4.78 is 34.4. The Bertz CT molecular complexity index is 195. The van der Waals surface area contributed by atoms with E-state index in [0.717, 1.165) is 0 Å². The predicted octanol–water partition coefficient (Wildman–Crippen LogP) is -2.92. The molecule has 8 heteroatoms. The van der Waals surface area contributed by atoms with Crippen LogP contribution in [0.5, 0.6) is 0 Å². The SMILES string of the molecule is C[N+](C)(CCO)OC(=O)C(F)(F)F.[Cl-]. The molecule has 0 radical (unpaired) electrons. The molecular formula is C6H11ClF3NO3. The zero-order chi connectivity index (χ0) is 10.7. The predicted molar refractivity (Wildman–Crippen MR) is 36.2 cm³/mol. The van der Waals surface area contributed by atoms with Crippen LogP contribution < -0.4 is 12.4 Å². The van der Waals surface area contributed by atoms with E-state index in [4.69, 9.17) is 5.11 Å². The molecule has 0 aromatic heterocycles. The minimum atomic E-state index is -5.00. The van der Waals surface area contributed by atoms with Gasteiger partial charge in [0.05, 0.1) is 6.61 Å². The summed E-state index contributed by atoms with van der Waals surface area (Å²) in [5, 5.41) is 8.43. The number of carbonyl (C=O) groups is 1. The highest BCUT2D eigenvalue weighted by Gasteiger charge is 2.45. The lowest BCUT2D eigenvalue weighted by molar-refractivity contribution is -1.06. The van der Waals surface area contributed by atoms with Gasteiger partial charge in [0.2, 0.25) is 0 Å². The molecule has 0 fully saturated rings. The molecule has 4 nitrogen and oxygen atoms in total. The highest BCUT2D eigenvalue weighted by molar-refractivity contribution is 5.74. The Labute approximate surface area is 85.2 Å². The fourth-order valence-electron chi connectivity index (χ4n) is 0.563. The lowest BCUT2D eigenvalue weighted by atomic mass is 10.6. The molecule has 0 heterocycles. The van der Waals surface area contributed by atoms with Crippen LogP contribution in [-0.4, -0.2) is 49.1 Å². The monoisotopic (exact) mass is 237 g/mol. The van der Waals surface area contributed by atoms with E-state index in [9.17, 15) is 18.0 Å². The van der Waals surface area contributed by atoms with Gasteiger partial charge in [-0.1, -0.05) is 0 Å². The van der Waals surface area contributed by atoms with E-state index in [1.165, 1.54) is 14.1 Å². The van der Waals surface area contributed by atoms with Crippen molar-refractivity contribution in [3.05, 3.63) is 0 Å². The number of aliphatic hydroxyl groups excluding tert-OH is 1. The minimum Gasteiger partial charge on any atom is -1.00 e. The second-order valence-corrected chi connectivity index (χ2v) is 2.90. The molecule has 0 spiro atoms. The van der Waals surface area contributed by atoms with Crippen LogP contribution in [0.4, 0.5) is 13.2 Å². The van der Waals surface area contributed by atoms with Crippen molar-refractivity contribution < 1.29 is 45.0 Å². The van der Waals surface area contributed by atoms with Gasteiger partial charge < -0.3 is 17.5 Å². The van der Waals surface area contributed by atoms with Gasteiger partial charge in [-0.3, -0.25) is 4.84 Å². The third kappa shape index (κ3) is 6.01. The number of carbonyl (C=O) groups excluding carboxylic acids is 1. The van der Waals surface area contributed by atoms with Crippen molar-refractivity contribution in [3.63, 3.8) is 0 Å². The van der Waals surface area contributed by atoms with E-state index in [1.54, 1.807) is 0 Å². The largest absolute Gasteiger partial charge is 1.00 e. The first kappa shape index (κ1) is 15.9. The second kappa shape index (κ2) is 5.38. The van der Waals surface area contributed by atoms with Crippen LogP contribution in [0, 0.1) is 0 Å². The van der Waals surface area contributed by atoms with Gasteiger partial charge in [0.1, 0.15) is 20.6 Å². The van der Waals surface area contributed by atoms with Crippen molar-refractivity contribution in [1.82, 2.24) is 0 Å². The first-order chi connectivity index (χ1) is 5.69. The topological polar surface area (TPSA) is 46.5 Å². The molecule has 0 aliphatic heterocycles. The molecule has 0 saturated carbocycles. The smallest absolute Gasteiger partial charge is 0.497 e.